The molecule has 0 aromatic heterocycles. The summed E-state index contributed by atoms with van der Waals surface area (Å²) in [6.45, 7) is 11.2. The maximum atomic E-state index is 14.4. The fraction of sp³-hybridized carbons (Fsp3) is 0.425. The van der Waals surface area contributed by atoms with Crippen LogP contribution in [0.5, 0.6) is 0 Å². The highest BCUT2D eigenvalue weighted by Gasteiger charge is 2.56. The third-order valence-corrected chi connectivity index (χ3v) is 10.8. The molecule has 2 aromatic rings. The van der Waals surface area contributed by atoms with Crippen LogP contribution in [0.15, 0.2) is 95.9 Å². The van der Waals surface area contributed by atoms with E-state index in [0.29, 0.717) is 43.7 Å². The number of carbonyl (C=O) groups is 5. The lowest BCUT2D eigenvalue weighted by atomic mass is 9.95. The second kappa shape index (κ2) is 16.3. The number of esters is 1. The van der Waals surface area contributed by atoms with E-state index in [2.05, 4.69) is 11.9 Å². The van der Waals surface area contributed by atoms with Crippen LogP contribution in [0.25, 0.3) is 0 Å². The van der Waals surface area contributed by atoms with Crippen molar-refractivity contribution in [2.75, 3.05) is 32.8 Å². The molecule has 12 nitrogen and oxygen atoms in total. The largest absolute Gasteiger partial charge is 0.451 e. The number of amides is 4. The Bertz CT molecular complexity index is 1730. The Hall–Kier alpha value is -5.04. The van der Waals surface area contributed by atoms with E-state index in [1.165, 1.54) is 22.7 Å². The minimum atomic E-state index is -1.15. The minimum absolute atomic E-state index is 0.121. The van der Waals surface area contributed by atoms with Crippen LogP contribution in [-0.4, -0.2) is 101 Å². The molecular weight excluding hydrogens is 697 g/mol. The Morgan fingerprint density at radius 2 is 1.62 bits per heavy atom. The number of hydrogen-bond donors (Lipinski definition) is 1. The van der Waals surface area contributed by atoms with E-state index in [4.69, 9.17) is 14.2 Å². The lowest BCUT2D eigenvalue weighted by Crippen LogP contribution is -2.74. The molecule has 4 heterocycles. The van der Waals surface area contributed by atoms with Gasteiger partial charge in [-0.1, -0.05) is 73.3 Å². The number of rotatable bonds is 10. The number of nitrogens with one attached hydrogen (secondary N) is 1. The molecule has 4 amide bonds. The Balaban J connectivity index is 1.21. The van der Waals surface area contributed by atoms with Crippen molar-refractivity contribution in [1.29, 1.82) is 0 Å². The van der Waals surface area contributed by atoms with Gasteiger partial charge in [0.25, 0.3) is 0 Å². The number of carbonyl (C=O) groups excluding carboxylic acids is 5. The van der Waals surface area contributed by atoms with E-state index < -0.39 is 47.1 Å². The first-order valence-electron chi connectivity index (χ1n) is 17.9. The number of fused-ring (bicyclic) bond motifs is 1. The van der Waals surface area contributed by atoms with Crippen molar-refractivity contribution in [2.24, 2.45) is 5.92 Å². The predicted molar refractivity (Wildman–Crippen MR) is 199 cm³/mol. The summed E-state index contributed by atoms with van der Waals surface area (Å²) in [6.07, 6.45) is 3.41. The lowest BCUT2D eigenvalue weighted by Gasteiger charge is -2.51. The normalized spacial score (nSPS) is 22.6. The third kappa shape index (κ3) is 8.78. The SMILES string of the molecule is C=CCOC(=O)N1CCC(CN2CCC(=CC3=CS[C@@H]4[C@H](NC(=O)OC(C)(C)C)C(=O)N4[C@H]3C(=O)OC(c3ccccc3)c3ccccc3)C2=O)CC1. The maximum Gasteiger partial charge on any atom is 0.410 e. The van der Waals surface area contributed by atoms with Crippen molar-refractivity contribution >= 4 is 41.7 Å². The molecule has 3 saturated heterocycles. The van der Waals surface area contributed by atoms with Crippen molar-refractivity contribution in [1.82, 2.24) is 20.0 Å². The number of likely N-dealkylation sites (tertiary alicyclic amines) is 2. The van der Waals surface area contributed by atoms with Crippen molar-refractivity contribution in [2.45, 2.75) is 69.2 Å². The van der Waals surface area contributed by atoms with Crippen molar-refractivity contribution in [3.05, 3.63) is 107 Å². The summed E-state index contributed by atoms with van der Waals surface area (Å²) in [4.78, 5) is 71.7. The van der Waals surface area contributed by atoms with E-state index in [9.17, 15) is 24.0 Å². The topological polar surface area (TPSA) is 135 Å². The molecule has 0 spiro atoms. The Labute approximate surface area is 314 Å². The molecule has 0 unspecified atom stereocenters. The zero-order chi connectivity index (χ0) is 37.7. The fourth-order valence-corrected chi connectivity index (χ4v) is 8.17. The Kier molecular flexibility index (Phi) is 11.6. The Morgan fingerprint density at radius 1 is 0.981 bits per heavy atom. The number of nitrogens with zero attached hydrogens (tertiary/aromatic N) is 3. The summed E-state index contributed by atoms with van der Waals surface area (Å²) in [5.74, 6) is -0.991. The first kappa shape index (κ1) is 37.7. The fourth-order valence-electron chi connectivity index (χ4n) is 6.98. The average Bonchev–Trinajstić information content (AvgIpc) is 3.49. The molecule has 4 aliphatic heterocycles. The van der Waals surface area contributed by atoms with Gasteiger partial charge in [0.2, 0.25) is 11.8 Å². The highest BCUT2D eigenvalue weighted by Crippen LogP contribution is 2.42. The van der Waals surface area contributed by atoms with Gasteiger partial charge in [-0.25, -0.2) is 14.4 Å². The van der Waals surface area contributed by atoms with Gasteiger partial charge in [0.15, 0.2) is 12.1 Å². The molecule has 280 valence electrons. The molecule has 6 rings (SSSR count). The average molecular weight is 743 g/mol. The molecule has 0 bridgehead atoms. The van der Waals surface area contributed by atoms with Crippen LogP contribution in [0.2, 0.25) is 0 Å². The molecule has 3 fully saturated rings. The quantitative estimate of drug-likeness (QED) is 0.109. The zero-order valence-electron chi connectivity index (χ0n) is 30.3. The van der Waals surface area contributed by atoms with Gasteiger partial charge in [-0.05, 0) is 74.1 Å². The van der Waals surface area contributed by atoms with Gasteiger partial charge in [-0.3, -0.25) is 9.59 Å². The summed E-state index contributed by atoms with van der Waals surface area (Å²) in [6, 6.07) is 16.7. The Morgan fingerprint density at radius 3 is 2.23 bits per heavy atom. The molecule has 0 saturated carbocycles. The van der Waals surface area contributed by atoms with Crippen LogP contribution in [0.1, 0.15) is 57.3 Å². The van der Waals surface area contributed by atoms with Crippen LogP contribution < -0.4 is 5.32 Å². The number of ether oxygens (including phenoxy) is 3. The number of benzene rings is 2. The summed E-state index contributed by atoms with van der Waals surface area (Å²) in [7, 11) is 0. The maximum absolute atomic E-state index is 14.4. The standard InChI is InChI=1S/C40H46N4O8S/c1-5-22-50-39(49)42-19-16-26(17-20-42)24-43-21-18-29(34(43)45)23-30-25-53-36-31(41-38(48)52-40(2,3)4)35(46)44(36)32(30)37(47)51-33(27-12-8-6-9-13-27)28-14-10-7-11-15-28/h5-15,23,25-26,31-33,36H,1,16-22,24H2,2-4H3,(H,41,48)/t31-,32-,36-/m1/s1. The van der Waals surface area contributed by atoms with Gasteiger partial charge in [0, 0.05) is 31.8 Å². The highest BCUT2D eigenvalue weighted by molar-refractivity contribution is 8.03. The second-order valence-corrected chi connectivity index (χ2v) is 15.5. The van der Waals surface area contributed by atoms with Crippen LogP contribution in [0.3, 0.4) is 0 Å². The van der Waals surface area contributed by atoms with Crippen LogP contribution in [0.4, 0.5) is 9.59 Å². The van der Waals surface area contributed by atoms with Crippen molar-refractivity contribution in [3.8, 4) is 0 Å². The van der Waals surface area contributed by atoms with E-state index >= 15 is 0 Å². The van der Waals surface area contributed by atoms with Gasteiger partial charge < -0.3 is 34.2 Å². The molecule has 3 atom stereocenters. The zero-order valence-corrected chi connectivity index (χ0v) is 31.1. The molecule has 1 N–H and O–H groups in total. The summed E-state index contributed by atoms with van der Waals surface area (Å²) in [5, 5.41) is 3.87. The van der Waals surface area contributed by atoms with Crippen LogP contribution in [-0.2, 0) is 28.6 Å². The third-order valence-electron chi connectivity index (χ3n) is 9.58. The number of thioether (sulfide) groups is 1. The van der Waals surface area contributed by atoms with Gasteiger partial charge in [0.1, 0.15) is 23.6 Å². The van der Waals surface area contributed by atoms with Crippen molar-refractivity contribution < 1.29 is 38.2 Å². The summed E-state index contributed by atoms with van der Waals surface area (Å²) < 4.78 is 16.8. The van der Waals surface area contributed by atoms with E-state index in [1.54, 1.807) is 37.2 Å². The molecule has 4 aliphatic rings. The molecule has 2 aromatic carbocycles. The molecule has 13 heteroatoms. The van der Waals surface area contributed by atoms with Gasteiger partial charge >= 0.3 is 18.2 Å². The number of alkyl carbamates (subject to hydrolysis) is 1. The smallest absolute Gasteiger partial charge is 0.410 e. The first-order chi connectivity index (χ1) is 25.4. The minimum Gasteiger partial charge on any atom is -0.451 e. The highest BCUT2D eigenvalue weighted by atomic mass is 32.2. The summed E-state index contributed by atoms with van der Waals surface area (Å²) >= 11 is 1.29. The van der Waals surface area contributed by atoms with Crippen LogP contribution in [0, 0.1) is 5.92 Å². The van der Waals surface area contributed by atoms with Gasteiger partial charge in [0.05, 0.1) is 0 Å². The number of hydrogen-bond acceptors (Lipinski definition) is 9. The second-order valence-electron chi connectivity index (χ2n) is 14.5. The van der Waals surface area contributed by atoms with E-state index in [-0.39, 0.29) is 24.5 Å². The van der Waals surface area contributed by atoms with E-state index in [1.807, 2.05) is 65.6 Å². The summed E-state index contributed by atoms with van der Waals surface area (Å²) in [5.41, 5.74) is 1.77. The molecule has 0 radical (unpaired) electrons. The monoisotopic (exact) mass is 742 g/mol. The van der Waals surface area contributed by atoms with Gasteiger partial charge in [-0.2, -0.15) is 0 Å². The number of piperidine rings is 1. The van der Waals surface area contributed by atoms with E-state index in [0.717, 1.165) is 24.0 Å². The number of β-lactam (4-membered cyclic amide) rings is 1. The van der Waals surface area contributed by atoms with Gasteiger partial charge in [-0.15, -0.1) is 11.8 Å². The first-order valence-corrected chi connectivity index (χ1v) is 18.9. The van der Waals surface area contributed by atoms with Crippen LogP contribution >= 0.6 is 11.8 Å². The lowest BCUT2D eigenvalue weighted by molar-refractivity contribution is -0.164. The molecular formula is C40H46N4O8S. The van der Waals surface area contributed by atoms with Crippen molar-refractivity contribution in [3.63, 3.8) is 0 Å². The molecule has 0 aliphatic carbocycles. The molecule has 53 heavy (non-hydrogen) atoms. The predicted octanol–water partition coefficient (Wildman–Crippen LogP) is 5.57.